The van der Waals surface area contributed by atoms with Gasteiger partial charge in [0.2, 0.25) is 5.91 Å². The lowest BCUT2D eigenvalue weighted by Crippen LogP contribution is -2.41. The molecule has 4 rings (SSSR count). The highest BCUT2D eigenvalue weighted by Crippen LogP contribution is 2.49. The van der Waals surface area contributed by atoms with Crippen molar-refractivity contribution in [3.63, 3.8) is 0 Å². The van der Waals surface area contributed by atoms with Gasteiger partial charge in [0.15, 0.2) is 0 Å². The first-order valence-corrected chi connectivity index (χ1v) is 8.67. The van der Waals surface area contributed by atoms with Crippen molar-refractivity contribution in [1.29, 1.82) is 0 Å². The molecule has 1 aliphatic heterocycles. The van der Waals surface area contributed by atoms with Gasteiger partial charge in [-0.1, -0.05) is 12.1 Å². The van der Waals surface area contributed by atoms with Gasteiger partial charge in [-0.2, -0.15) is 0 Å². The van der Waals surface area contributed by atoms with Crippen molar-refractivity contribution in [2.45, 2.75) is 38.1 Å². The number of hydrogen-bond donors (Lipinski definition) is 0. The molecule has 2 aromatic rings. The molecule has 0 spiro atoms. The van der Waals surface area contributed by atoms with E-state index in [9.17, 15) is 9.18 Å². The monoisotopic (exact) mass is 327 g/mol. The van der Waals surface area contributed by atoms with Gasteiger partial charge in [0.25, 0.3) is 0 Å². The SMILES string of the molecule is Cc1nccn1[C@@H]1CCCN(C(=O)[C@H]2C[C@H]2c2cccc(F)c2)C1. The van der Waals surface area contributed by atoms with Crippen LogP contribution in [0.2, 0.25) is 0 Å². The highest BCUT2D eigenvalue weighted by atomic mass is 19.1. The third-order valence-corrected chi connectivity index (χ3v) is 5.35. The Hall–Kier alpha value is -2.17. The van der Waals surface area contributed by atoms with E-state index in [0.29, 0.717) is 6.04 Å². The normalized spacial score (nSPS) is 26.4. The number of imidazole rings is 1. The molecule has 0 radical (unpaired) electrons. The molecule has 1 aromatic heterocycles. The third kappa shape index (κ3) is 2.83. The Labute approximate surface area is 141 Å². The Morgan fingerprint density at radius 3 is 3.00 bits per heavy atom. The molecule has 0 N–H and O–H groups in total. The fraction of sp³-hybridized carbons (Fsp3) is 0.474. The summed E-state index contributed by atoms with van der Waals surface area (Å²) in [6.45, 7) is 3.58. The van der Waals surface area contributed by atoms with E-state index in [1.165, 1.54) is 6.07 Å². The molecule has 1 amide bonds. The first-order valence-electron chi connectivity index (χ1n) is 8.67. The molecular formula is C19H22FN3O. The number of aryl methyl sites for hydroxylation is 1. The summed E-state index contributed by atoms with van der Waals surface area (Å²) in [5, 5.41) is 0. The number of piperidine rings is 1. The highest BCUT2D eigenvalue weighted by Gasteiger charge is 2.46. The molecule has 126 valence electrons. The number of hydrogen-bond acceptors (Lipinski definition) is 2. The standard InChI is InChI=1S/C19H22FN3O/c1-13-21-7-9-23(13)16-6-3-8-22(12-16)19(24)18-11-17(18)14-4-2-5-15(20)10-14/h2,4-5,7,9-10,16-18H,3,6,8,11-12H2,1H3/t16-,17+,18+/m1/s1. The summed E-state index contributed by atoms with van der Waals surface area (Å²) < 4.78 is 15.6. The van der Waals surface area contributed by atoms with Crippen molar-refractivity contribution in [3.8, 4) is 0 Å². The average molecular weight is 327 g/mol. The van der Waals surface area contributed by atoms with Crippen LogP contribution in [0.5, 0.6) is 0 Å². The molecular weight excluding hydrogens is 305 g/mol. The fourth-order valence-corrected chi connectivity index (χ4v) is 3.96. The molecule has 3 atom stereocenters. The first-order chi connectivity index (χ1) is 11.6. The van der Waals surface area contributed by atoms with Crippen LogP contribution in [0.15, 0.2) is 36.7 Å². The van der Waals surface area contributed by atoms with Gasteiger partial charge in [-0.15, -0.1) is 0 Å². The summed E-state index contributed by atoms with van der Waals surface area (Å²) in [6.07, 6.45) is 6.76. The zero-order chi connectivity index (χ0) is 16.7. The molecule has 0 bridgehead atoms. The van der Waals surface area contributed by atoms with Crippen LogP contribution in [0.1, 0.15) is 42.6 Å². The summed E-state index contributed by atoms with van der Waals surface area (Å²) in [5.41, 5.74) is 0.951. The Balaban J connectivity index is 1.43. The van der Waals surface area contributed by atoms with Crippen LogP contribution in [0.4, 0.5) is 4.39 Å². The number of benzene rings is 1. The number of carbonyl (C=O) groups excluding carboxylic acids is 1. The minimum Gasteiger partial charge on any atom is -0.340 e. The van der Waals surface area contributed by atoms with E-state index in [1.54, 1.807) is 12.1 Å². The molecule has 0 unspecified atom stereocenters. The van der Waals surface area contributed by atoms with Crippen molar-refractivity contribution in [1.82, 2.24) is 14.5 Å². The highest BCUT2D eigenvalue weighted by molar-refractivity contribution is 5.83. The van der Waals surface area contributed by atoms with Crippen LogP contribution in [0.3, 0.4) is 0 Å². The molecule has 2 heterocycles. The lowest BCUT2D eigenvalue weighted by atomic mass is 10.0. The smallest absolute Gasteiger partial charge is 0.226 e. The molecule has 1 aliphatic carbocycles. The van der Waals surface area contributed by atoms with Crippen LogP contribution >= 0.6 is 0 Å². The lowest BCUT2D eigenvalue weighted by Gasteiger charge is -2.34. The summed E-state index contributed by atoms with van der Waals surface area (Å²) >= 11 is 0. The van der Waals surface area contributed by atoms with E-state index in [-0.39, 0.29) is 23.6 Å². The minimum absolute atomic E-state index is 0.0226. The fourth-order valence-electron chi connectivity index (χ4n) is 3.96. The number of aromatic nitrogens is 2. The number of rotatable bonds is 3. The third-order valence-electron chi connectivity index (χ3n) is 5.35. The number of amides is 1. The van der Waals surface area contributed by atoms with E-state index in [4.69, 9.17) is 0 Å². The van der Waals surface area contributed by atoms with Gasteiger partial charge >= 0.3 is 0 Å². The van der Waals surface area contributed by atoms with Gasteiger partial charge in [0, 0.05) is 31.4 Å². The molecule has 24 heavy (non-hydrogen) atoms. The van der Waals surface area contributed by atoms with Crippen LogP contribution in [0, 0.1) is 18.7 Å². The van der Waals surface area contributed by atoms with E-state index >= 15 is 0 Å². The van der Waals surface area contributed by atoms with Gasteiger partial charge in [0.05, 0.1) is 6.04 Å². The van der Waals surface area contributed by atoms with Gasteiger partial charge < -0.3 is 9.47 Å². The zero-order valence-corrected chi connectivity index (χ0v) is 13.9. The van der Waals surface area contributed by atoms with Crippen molar-refractivity contribution < 1.29 is 9.18 Å². The predicted octanol–water partition coefficient (Wildman–Crippen LogP) is 3.30. The molecule has 2 fully saturated rings. The molecule has 1 aromatic carbocycles. The summed E-state index contributed by atoms with van der Waals surface area (Å²) in [6, 6.07) is 6.98. The molecule has 4 nitrogen and oxygen atoms in total. The Kier molecular flexibility index (Phi) is 3.87. The maximum atomic E-state index is 13.4. The Morgan fingerprint density at radius 2 is 2.25 bits per heavy atom. The minimum atomic E-state index is -0.223. The van der Waals surface area contributed by atoms with E-state index in [0.717, 1.165) is 43.7 Å². The van der Waals surface area contributed by atoms with Crippen molar-refractivity contribution in [3.05, 3.63) is 53.9 Å². The van der Waals surface area contributed by atoms with Gasteiger partial charge in [-0.05, 0) is 49.8 Å². The molecule has 1 saturated heterocycles. The molecule has 5 heteroatoms. The quantitative estimate of drug-likeness (QED) is 0.867. The summed E-state index contributed by atoms with van der Waals surface area (Å²) in [4.78, 5) is 19.1. The topological polar surface area (TPSA) is 38.1 Å². The summed E-state index contributed by atoms with van der Waals surface area (Å²) in [7, 11) is 0. The average Bonchev–Trinajstić information content (AvgIpc) is 3.28. The van der Waals surface area contributed by atoms with Gasteiger partial charge in [-0.25, -0.2) is 9.37 Å². The summed E-state index contributed by atoms with van der Waals surface area (Å²) in [5.74, 6) is 1.21. The van der Waals surface area contributed by atoms with Crippen molar-refractivity contribution >= 4 is 5.91 Å². The zero-order valence-electron chi connectivity index (χ0n) is 13.9. The number of nitrogens with zero attached hydrogens (tertiary/aromatic N) is 3. The van der Waals surface area contributed by atoms with E-state index in [1.807, 2.05) is 30.3 Å². The number of likely N-dealkylation sites (tertiary alicyclic amines) is 1. The van der Waals surface area contributed by atoms with Crippen LogP contribution in [0.25, 0.3) is 0 Å². The second-order valence-electron chi connectivity index (χ2n) is 6.97. The Morgan fingerprint density at radius 1 is 1.38 bits per heavy atom. The van der Waals surface area contributed by atoms with E-state index < -0.39 is 0 Å². The molecule has 2 aliphatic rings. The Bertz CT molecular complexity index is 757. The maximum Gasteiger partial charge on any atom is 0.226 e. The van der Waals surface area contributed by atoms with Crippen LogP contribution in [-0.4, -0.2) is 33.4 Å². The largest absolute Gasteiger partial charge is 0.340 e. The van der Waals surface area contributed by atoms with Crippen LogP contribution < -0.4 is 0 Å². The number of halogens is 1. The maximum absolute atomic E-state index is 13.4. The lowest BCUT2D eigenvalue weighted by molar-refractivity contribution is -0.134. The van der Waals surface area contributed by atoms with Crippen molar-refractivity contribution in [2.75, 3.05) is 13.1 Å². The van der Waals surface area contributed by atoms with E-state index in [2.05, 4.69) is 9.55 Å². The first kappa shape index (κ1) is 15.4. The van der Waals surface area contributed by atoms with Gasteiger partial charge in [-0.3, -0.25) is 4.79 Å². The second kappa shape index (κ2) is 6.04. The van der Waals surface area contributed by atoms with Crippen LogP contribution in [-0.2, 0) is 4.79 Å². The predicted molar refractivity (Wildman–Crippen MR) is 89.1 cm³/mol. The second-order valence-corrected chi connectivity index (χ2v) is 6.97. The molecule has 1 saturated carbocycles. The van der Waals surface area contributed by atoms with Crippen molar-refractivity contribution in [2.24, 2.45) is 5.92 Å². The van der Waals surface area contributed by atoms with Gasteiger partial charge in [0.1, 0.15) is 11.6 Å². The number of carbonyl (C=O) groups is 1.